The van der Waals surface area contributed by atoms with Gasteiger partial charge in [0.05, 0.1) is 4.90 Å². The zero-order valence-electron chi connectivity index (χ0n) is 18.1. The third kappa shape index (κ3) is 5.37. The van der Waals surface area contributed by atoms with E-state index in [-0.39, 0.29) is 17.5 Å². The molecule has 0 aliphatic carbocycles. The van der Waals surface area contributed by atoms with Crippen LogP contribution < -0.4 is 9.62 Å². The summed E-state index contributed by atoms with van der Waals surface area (Å²) in [6, 6.07) is 12.0. The van der Waals surface area contributed by atoms with Crippen LogP contribution in [0.25, 0.3) is 0 Å². The van der Waals surface area contributed by atoms with Gasteiger partial charge < -0.3 is 9.80 Å². The second-order valence-corrected chi connectivity index (χ2v) is 9.87. The Morgan fingerprint density at radius 2 is 1.70 bits per heavy atom. The van der Waals surface area contributed by atoms with Crippen molar-refractivity contribution in [3.8, 4) is 0 Å². The number of sulfonamides is 1. The molecular weight excluding hydrogens is 403 g/mol. The van der Waals surface area contributed by atoms with E-state index in [1.807, 2.05) is 19.0 Å². The first-order valence-corrected chi connectivity index (χ1v) is 11.6. The highest BCUT2D eigenvalue weighted by Gasteiger charge is 2.26. The second-order valence-electron chi connectivity index (χ2n) is 8.10. The van der Waals surface area contributed by atoms with Crippen molar-refractivity contribution >= 4 is 15.7 Å². The monoisotopic (exact) mass is 434 g/mol. The SMILES string of the molecule is Cc1cc(S(=O)(=O)NC[C@H](c2ccc(N(C)C)cc2)N2CCN(C)CC2)ccc1F. The number of nitrogens with one attached hydrogen (secondary N) is 1. The Hall–Kier alpha value is -2.00. The summed E-state index contributed by atoms with van der Waals surface area (Å²) in [6.45, 7) is 5.44. The van der Waals surface area contributed by atoms with Crippen molar-refractivity contribution in [2.75, 3.05) is 58.8 Å². The van der Waals surface area contributed by atoms with Crippen LogP contribution in [0.1, 0.15) is 17.2 Å². The van der Waals surface area contributed by atoms with Crippen molar-refractivity contribution < 1.29 is 12.8 Å². The van der Waals surface area contributed by atoms with E-state index in [4.69, 9.17) is 0 Å². The molecule has 0 aromatic heterocycles. The second kappa shape index (κ2) is 9.43. The van der Waals surface area contributed by atoms with Crippen LogP contribution in [0.5, 0.6) is 0 Å². The van der Waals surface area contributed by atoms with Gasteiger partial charge in [-0.05, 0) is 55.4 Å². The van der Waals surface area contributed by atoms with Gasteiger partial charge in [-0.1, -0.05) is 12.1 Å². The number of rotatable bonds is 7. The van der Waals surface area contributed by atoms with Gasteiger partial charge in [0.2, 0.25) is 10.0 Å². The minimum Gasteiger partial charge on any atom is -0.378 e. The molecule has 1 fully saturated rings. The van der Waals surface area contributed by atoms with Crippen molar-refractivity contribution in [3.05, 3.63) is 59.4 Å². The third-order valence-electron chi connectivity index (χ3n) is 5.68. The van der Waals surface area contributed by atoms with E-state index in [1.165, 1.54) is 18.2 Å². The molecule has 0 amide bonds. The quantitative estimate of drug-likeness (QED) is 0.726. The van der Waals surface area contributed by atoms with E-state index in [2.05, 4.69) is 45.8 Å². The van der Waals surface area contributed by atoms with Crippen molar-refractivity contribution in [2.24, 2.45) is 0 Å². The van der Waals surface area contributed by atoms with Gasteiger partial charge >= 0.3 is 0 Å². The van der Waals surface area contributed by atoms with Crippen LogP contribution in [0.3, 0.4) is 0 Å². The van der Waals surface area contributed by atoms with Crippen molar-refractivity contribution in [3.63, 3.8) is 0 Å². The fourth-order valence-corrected chi connectivity index (χ4v) is 4.77. The largest absolute Gasteiger partial charge is 0.378 e. The average molecular weight is 435 g/mol. The molecule has 0 saturated carbocycles. The Morgan fingerprint density at radius 1 is 1.07 bits per heavy atom. The van der Waals surface area contributed by atoms with E-state index < -0.39 is 15.8 Å². The van der Waals surface area contributed by atoms with Gasteiger partial charge in [-0.3, -0.25) is 4.90 Å². The van der Waals surface area contributed by atoms with Crippen LogP contribution in [0.2, 0.25) is 0 Å². The summed E-state index contributed by atoms with van der Waals surface area (Å²) in [7, 11) is 2.34. The molecule has 30 heavy (non-hydrogen) atoms. The number of piperazine rings is 1. The lowest BCUT2D eigenvalue weighted by molar-refractivity contribution is 0.113. The minimum absolute atomic E-state index is 0.0776. The first-order valence-electron chi connectivity index (χ1n) is 10.1. The first-order chi connectivity index (χ1) is 14.2. The van der Waals surface area contributed by atoms with Crippen LogP contribution >= 0.6 is 0 Å². The molecule has 2 aromatic carbocycles. The summed E-state index contributed by atoms with van der Waals surface area (Å²) in [4.78, 5) is 6.72. The first kappa shape index (κ1) is 22.7. The van der Waals surface area contributed by atoms with E-state index in [0.717, 1.165) is 37.4 Å². The number of nitrogens with zero attached hydrogens (tertiary/aromatic N) is 3. The summed E-state index contributed by atoms with van der Waals surface area (Å²) < 4.78 is 42.0. The summed E-state index contributed by atoms with van der Waals surface area (Å²) in [6.07, 6.45) is 0. The van der Waals surface area contributed by atoms with Crippen molar-refractivity contribution in [1.29, 1.82) is 0 Å². The Morgan fingerprint density at radius 3 is 2.27 bits per heavy atom. The van der Waals surface area contributed by atoms with Gasteiger partial charge in [0, 0.05) is 58.5 Å². The number of likely N-dealkylation sites (N-methyl/N-ethyl adjacent to an activating group) is 1. The zero-order chi connectivity index (χ0) is 21.9. The Bertz CT molecular complexity index is 956. The van der Waals surface area contributed by atoms with Gasteiger partial charge in [0.1, 0.15) is 5.82 Å². The molecule has 164 valence electrons. The molecule has 8 heteroatoms. The lowest BCUT2D eigenvalue weighted by atomic mass is 10.0. The fourth-order valence-electron chi connectivity index (χ4n) is 3.64. The van der Waals surface area contributed by atoms with E-state index in [0.29, 0.717) is 5.56 Å². The van der Waals surface area contributed by atoms with E-state index >= 15 is 0 Å². The molecule has 1 heterocycles. The maximum absolute atomic E-state index is 13.6. The van der Waals surface area contributed by atoms with Gasteiger partial charge in [-0.25, -0.2) is 17.5 Å². The predicted molar refractivity (Wildman–Crippen MR) is 119 cm³/mol. The van der Waals surface area contributed by atoms with Gasteiger partial charge in [0.15, 0.2) is 0 Å². The minimum atomic E-state index is -3.74. The van der Waals surface area contributed by atoms with E-state index in [9.17, 15) is 12.8 Å². The summed E-state index contributed by atoms with van der Waals surface area (Å²) in [5.41, 5.74) is 2.48. The number of halogens is 1. The number of anilines is 1. The molecule has 1 saturated heterocycles. The highest BCUT2D eigenvalue weighted by Crippen LogP contribution is 2.25. The van der Waals surface area contributed by atoms with Crippen molar-refractivity contribution in [2.45, 2.75) is 17.9 Å². The average Bonchev–Trinajstić information content (AvgIpc) is 2.71. The zero-order valence-corrected chi connectivity index (χ0v) is 18.9. The highest BCUT2D eigenvalue weighted by molar-refractivity contribution is 7.89. The maximum atomic E-state index is 13.6. The Labute approximate surface area is 179 Å². The molecule has 3 rings (SSSR count). The summed E-state index contributed by atoms with van der Waals surface area (Å²) in [5, 5.41) is 0. The molecule has 0 unspecified atom stereocenters. The molecule has 2 aromatic rings. The highest BCUT2D eigenvalue weighted by atomic mass is 32.2. The lowest BCUT2D eigenvalue weighted by Crippen LogP contribution is -2.48. The molecule has 1 aliphatic heterocycles. The molecule has 0 radical (unpaired) electrons. The lowest BCUT2D eigenvalue weighted by Gasteiger charge is -2.38. The Kier molecular flexibility index (Phi) is 7.13. The number of aryl methyl sites for hydroxylation is 1. The predicted octanol–water partition coefficient (Wildman–Crippen LogP) is 2.47. The fraction of sp³-hybridized carbons (Fsp3) is 0.455. The number of hydrogen-bond acceptors (Lipinski definition) is 5. The Balaban J connectivity index is 1.82. The molecule has 1 N–H and O–H groups in total. The van der Waals surface area contributed by atoms with Gasteiger partial charge in [0.25, 0.3) is 0 Å². The third-order valence-corrected chi connectivity index (χ3v) is 7.10. The molecule has 0 bridgehead atoms. The normalized spacial score (nSPS) is 17.1. The standard InChI is InChI=1S/C22H31FN4O2S/c1-17-15-20(9-10-21(17)23)30(28,29)24-16-22(27-13-11-26(4)12-14-27)18-5-7-19(8-6-18)25(2)3/h5-10,15,22,24H,11-14,16H2,1-4H3/t22-/m1/s1. The molecule has 0 spiro atoms. The molecule has 6 nitrogen and oxygen atoms in total. The smallest absolute Gasteiger partial charge is 0.240 e. The number of hydrogen-bond donors (Lipinski definition) is 1. The van der Waals surface area contributed by atoms with E-state index in [1.54, 1.807) is 6.92 Å². The number of benzene rings is 2. The van der Waals surface area contributed by atoms with Gasteiger partial charge in [-0.15, -0.1) is 0 Å². The molecule has 1 atom stereocenters. The van der Waals surface area contributed by atoms with Crippen LogP contribution in [-0.2, 0) is 10.0 Å². The topological polar surface area (TPSA) is 55.9 Å². The maximum Gasteiger partial charge on any atom is 0.240 e. The van der Waals surface area contributed by atoms with Crippen LogP contribution in [0.15, 0.2) is 47.4 Å². The molecule has 1 aliphatic rings. The molecular formula is C22H31FN4O2S. The summed E-state index contributed by atoms with van der Waals surface area (Å²) in [5.74, 6) is -0.412. The van der Waals surface area contributed by atoms with Crippen LogP contribution in [0, 0.1) is 12.7 Å². The van der Waals surface area contributed by atoms with Crippen LogP contribution in [-0.4, -0.2) is 72.1 Å². The van der Waals surface area contributed by atoms with Crippen LogP contribution in [0.4, 0.5) is 10.1 Å². The summed E-state index contributed by atoms with van der Waals surface area (Å²) >= 11 is 0. The van der Waals surface area contributed by atoms with Crippen molar-refractivity contribution in [1.82, 2.24) is 14.5 Å². The van der Waals surface area contributed by atoms with Gasteiger partial charge in [-0.2, -0.15) is 0 Å².